The van der Waals surface area contributed by atoms with E-state index < -0.39 is 0 Å². The standard InChI is InChI=1S/C29H39N3O5/c1-35-27-7-5-4-6-26(27)32-18-16-31(17-19-32)25-14-15-30(21-24(25)12-13-28(33)36-2)20-22-8-10-23(11-9-22)29(34)37-3/h4-11,24-25H,12-21H2,1-3H3/t24-,25+/m0/s1. The molecule has 2 heterocycles. The van der Waals surface area contributed by atoms with E-state index in [9.17, 15) is 9.59 Å². The van der Waals surface area contributed by atoms with Crippen LogP contribution in [-0.4, -0.2) is 88.4 Å². The van der Waals surface area contributed by atoms with Gasteiger partial charge in [0.15, 0.2) is 0 Å². The Balaban J connectivity index is 1.38. The number of benzene rings is 2. The van der Waals surface area contributed by atoms with Crippen molar-refractivity contribution in [1.82, 2.24) is 9.80 Å². The largest absolute Gasteiger partial charge is 0.495 e. The van der Waals surface area contributed by atoms with Crippen molar-refractivity contribution >= 4 is 17.6 Å². The van der Waals surface area contributed by atoms with Crippen molar-refractivity contribution in [3.8, 4) is 5.75 Å². The monoisotopic (exact) mass is 509 g/mol. The fraction of sp³-hybridized carbons (Fsp3) is 0.517. The molecule has 0 aromatic heterocycles. The van der Waals surface area contributed by atoms with Crippen LogP contribution in [0.15, 0.2) is 48.5 Å². The molecule has 2 aromatic rings. The summed E-state index contributed by atoms with van der Waals surface area (Å²) >= 11 is 0. The van der Waals surface area contributed by atoms with Gasteiger partial charge in [-0.25, -0.2) is 4.79 Å². The van der Waals surface area contributed by atoms with Crippen LogP contribution in [0.3, 0.4) is 0 Å². The molecule has 0 bridgehead atoms. The van der Waals surface area contributed by atoms with Gasteiger partial charge >= 0.3 is 11.9 Å². The highest BCUT2D eigenvalue weighted by atomic mass is 16.5. The van der Waals surface area contributed by atoms with Gasteiger partial charge < -0.3 is 19.1 Å². The quantitative estimate of drug-likeness (QED) is 0.476. The number of likely N-dealkylation sites (tertiary alicyclic amines) is 1. The molecule has 2 aliphatic rings. The lowest BCUT2D eigenvalue weighted by Crippen LogP contribution is -2.56. The Bertz CT molecular complexity index is 1040. The molecule has 2 aliphatic heterocycles. The van der Waals surface area contributed by atoms with E-state index in [1.165, 1.54) is 19.8 Å². The summed E-state index contributed by atoms with van der Waals surface area (Å²) in [4.78, 5) is 31.2. The lowest BCUT2D eigenvalue weighted by molar-refractivity contribution is -0.141. The van der Waals surface area contributed by atoms with Gasteiger partial charge in [-0.3, -0.25) is 14.6 Å². The summed E-state index contributed by atoms with van der Waals surface area (Å²) in [6.45, 7) is 6.66. The average molecular weight is 510 g/mol. The first kappa shape index (κ1) is 26.9. The maximum Gasteiger partial charge on any atom is 0.337 e. The molecule has 0 saturated carbocycles. The van der Waals surface area contributed by atoms with E-state index in [2.05, 4.69) is 26.8 Å². The first-order chi connectivity index (χ1) is 18.0. The van der Waals surface area contributed by atoms with Gasteiger partial charge in [-0.1, -0.05) is 24.3 Å². The molecule has 0 spiro atoms. The van der Waals surface area contributed by atoms with Gasteiger partial charge in [-0.2, -0.15) is 0 Å². The number of para-hydroxylation sites is 2. The van der Waals surface area contributed by atoms with E-state index in [1.54, 1.807) is 7.11 Å². The smallest absolute Gasteiger partial charge is 0.337 e. The summed E-state index contributed by atoms with van der Waals surface area (Å²) in [6, 6.07) is 16.3. The van der Waals surface area contributed by atoms with Crippen molar-refractivity contribution in [2.75, 3.05) is 65.5 Å². The van der Waals surface area contributed by atoms with Gasteiger partial charge in [0.1, 0.15) is 5.75 Å². The van der Waals surface area contributed by atoms with Crippen molar-refractivity contribution in [2.24, 2.45) is 5.92 Å². The molecule has 2 saturated heterocycles. The zero-order valence-electron chi connectivity index (χ0n) is 22.2. The lowest BCUT2D eigenvalue weighted by Gasteiger charge is -2.47. The van der Waals surface area contributed by atoms with Crippen LogP contribution in [0.2, 0.25) is 0 Å². The Hall–Kier alpha value is -3.10. The van der Waals surface area contributed by atoms with E-state index in [0.717, 1.165) is 70.1 Å². The first-order valence-corrected chi connectivity index (χ1v) is 13.1. The molecule has 2 atom stereocenters. The Morgan fingerprint density at radius 1 is 0.892 bits per heavy atom. The molecule has 2 aromatic carbocycles. The van der Waals surface area contributed by atoms with Crippen LogP contribution in [0.4, 0.5) is 5.69 Å². The van der Waals surface area contributed by atoms with Gasteiger partial charge in [0, 0.05) is 51.7 Å². The molecular formula is C29H39N3O5. The van der Waals surface area contributed by atoms with E-state index >= 15 is 0 Å². The average Bonchev–Trinajstić information content (AvgIpc) is 2.96. The maximum atomic E-state index is 12.0. The third kappa shape index (κ3) is 6.81. The number of ether oxygens (including phenoxy) is 3. The van der Waals surface area contributed by atoms with Crippen LogP contribution >= 0.6 is 0 Å². The third-order valence-corrected chi connectivity index (χ3v) is 7.72. The molecular weight excluding hydrogens is 470 g/mol. The van der Waals surface area contributed by atoms with Crippen molar-refractivity contribution in [3.63, 3.8) is 0 Å². The summed E-state index contributed by atoms with van der Waals surface area (Å²) in [7, 11) is 4.58. The van der Waals surface area contributed by atoms with Gasteiger partial charge in [-0.05, 0) is 55.1 Å². The highest BCUT2D eigenvalue weighted by Gasteiger charge is 2.35. The second-order valence-corrected chi connectivity index (χ2v) is 9.85. The Morgan fingerprint density at radius 2 is 1.62 bits per heavy atom. The number of hydrogen-bond acceptors (Lipinski definition) is 8. The third-order valence-electron chi connectivity index (χ3n) is 7.72. The predicted octanol–water partition coefficient (Wildman–Crippen LogP) is 3.45. The molecule has 8 heteroatoms. The minimum Gasteiger partial charge on any atom is -0.495 e. The van der Waals surface area contributed by atoms with Crippen LogP contribution in [0.5, 0.6) is 5.75 Å². The van der Waals surface area contributed by atoms with Crippen LogP contribution in [-0.2, 0) is 20.8 Å². The second-order valence-electron chi connectivity index (χ2n) is 9.85. The van der Waals surface area contributed by atoms with Crippen LogP contribution in [0.25, 0.3) is 0 Å². The highest BCUT2D eigenvalue weighted by molar-refractivity contribution is 5.89. The molecule has 0 aliphatic carbocycles. The van der Waals surface area contributed by atoms with E-state index in [4.69, 9.17) is 14.2 Å². The lowest BCUT2D eigenvalue weighted by atomic mass is 9.86. The Morgan fingerprint density at radius 3 is 2.30 bits per heavy atom. The molecule has 8 nitrogen and oxygen atoms in total. The summed E-state index contributed by atoms with van der Waals surface area (Å²) in [6.07, 6.45) is 2.34. The number of piperazine rings is 1. The van der Waals surface area contributed by atoms with E-state index in [-0.39, 0.29) is 11.9 Å². The zero-order valence-corrected chi connectivity index (χ0v) is 22.2. The molecule has 0 radical (unpaired) electrons. The van der Waals surface area contributed by atoms with E-state index in [1.807, 2.05) is 36.4 Å². The number of methoxy groups -OCH3 is 3. The maximum absolute atomic E-state index is 12.0. The van der Waals surface area contributed by atoms with Gasteiger partial charge in [0.25, 0.3) is 0 Å². The van der Waals surface area contributed by atoms with Crippen LogP contribution < -0.4 is 9.64 Å². The predicted molar refractivity (Wildman–Crippen MR) is 143 cm³/mol. The van der Waals surface area contributed by atoms with Gasteiger partial charge in [0.2, 0.25) is 0 Å². The van der Waals surface area contributed by atoms with Crippen molar-refractivity contribution in [2.45, 2.75) is 31.8 Å². The van der Waals surface area contributed by atoms with Gasteiger partial charge in [-0.15, -0.1) is 0 Å². The van der Waals surface area contributed by atoms with Gasteiger partial charge in [0.05, 0.1) is 32.6 Å². The molecule has 37 heavy (non-hydrogen) atoms. The second kappa shape index (κ2) is 12.9. The van der Waals surface area contributed by atoms with Crippen LogP contribution in [0, 0.1) is 5.92 Å². The Kier molecular flexibility index (Phi) is 9.41. The van der Waals surface area contributed by atoms with Crippen molar-refractivity contribution in [1.29, 1.82) is 0 Å². The minimum absolute atomic E-state index is 0.143. The topological polar surface area (TPSA) is 71.6 Å². The number of nitrogens with zero attached hydrogens (tertiary/aromatic N) is 3. The van der Waals surface area contributed by atoms with Crippen LogP contribution in [0.1, 0.15) is 35.2 Å². The zero-order chi connectivity index (χ0) is 26.2. The molecule has 2 fully saturated rings. The number of carbonyl (C=O) groups is 2. The molecule has 4 rings (SSSR count). The highest BCUT2D eigenvalue weighted by Crippen LogP contribution is 2.32. The van der Waals surface area contributed by atoms with E-state index in [0.29, 0.717) is 23.9 Å². The summed E-state index contributed by atoms with van der Waals surface area (Å²) in [5, 5.41) is 0. The first-order valence-electron chi connectivity index (χ1n) is 13.1. The number of anilines is 1. The summed E-state index contributed by atoms with van der Waals surface area (Å²) in [5.41, 5.74) is 2.89. The normalized spacial score (nSPS) is 20.9. The fourth-order valence-electron chi connectivity index (χ4n) is 5.72. The Labute approximate surface area is 220 Å². The SMILES string of the molecule is COC(=O)CC[C@H]1CN(Cc2ccc(C(=O)OC)cc2)CC[C@H]1N1CCN(c2ccccc2OC)CC1. The summed E-state index contributed by atoms with van der Waals surface area (Å²) in [5.74, 6) is 0.844. The molecule has 200 valence electrons. The fourth-order valence-corrected chi connectivity index (χ4v) is 5.72. The molecule has 0 N–H and O–H groups in total. The van der Waals surface area contributed by atoms with Crippen molar-refractivity contribution < 1.29 is 23.8 Å². The number of piperidine rings is 1. The number of hydrogen-bond donors (Lipinski definition) is 0. The van der Waals surface area contributed by atoms with Crippen molar-refractivity contribution in [3.05, 3.63) is 59.7 Å². The number of esters is 2. The molecule has 0 amide bonds. The number of rotatable bonds is 9. The summed E-state index contributed by atoms with van der Waals surface area (Å²) < 4.78 is 15.3. The minimum atomic E-state index is -0.318. The number of carbonyl (C=O) groups excluding carboxylic acids is 2. The molecule has 0 unspecified atom stereocenters.